The van der Waals surface area contributed by atoms with Crippen molar-refractivity contribution in [3.63, 3.8) is 0 Å². The summed E-state index contributed by atoms with van der Waals surface area (Å²) in [6, 6.07) is 0. The first kappa shape index (κ1) is 11.5. The summed E-state index contributed by atoms with van der Waals surface area (Å²) in [5, 5.41) is 7.41. The van der Waals surface area contributed by atoms with Crippen LogP contribution in [0.5, 0.6) is 0 Å². The Morgan fingerprint density at radius 3 is 3.07 bits per heavy atom. The molecule has 0 aliphatic heterocycles. The normalized spacial score (nSPS) is 10.6. The lowest BCUT2D eigenvalue weighted by atomic mass is 10.4. The van der Waals surface area contributed by atoms with Gasteiger partial charge in [-0.25, -0.2) is 4.98 Å². The predicted octanol–water partition coefficient (Wildman–Crippen LogP) is 1.01. The Balaban J connectivity index is 1.85. The molecule has 0 aliphatic carbocycles. The minimum absolute atomic E-state index is 0.904. The van der Waals surface area contributed by atoms with Crippen LogP contribution in [0.15, 0.2) is 12.7 Å². The summed E-state index contributed by atoms with van der Waals surface area (Å²) in [4.78, 5) is 3.88. The van der Waals surface area contributed by atoms with Crippen LogP contribution in [0, 0.1) is 0 Å². The van der Waals surface area contributed by atoms with E-state index in [0.29, 0.717) is 0 Å². The summed E-state index contributed by atoms with van der Waals surface area (Å²) in [5.41, 5.74) is 0. The lowest BCUT2D eigenvalue weighted by molar-refractivity contribution is 0.553. The molecule has 0 saturated carbocycles. The molecule has 80 valence electrons. The van der Waals surface area contributed by atoms with Crippen molar-refractivity contribution in [2.75, 3.05) is 24.6 Å². The van der Waals surface area contributed by atoms with E-state index in [1.165, 1.54) is 17.9 Å². The van der Waals surface area contributed by atoms with Crippen molar-refractivity contribution in [2.24, 2.45) is 0 Å². The second-order valence-electron chi connectivity index (χ2n) is 2.96. The van der Waals surface area contributed by atoms with Gasteiger partial charge < -0.3 is 5.32 Å². The molecular formula is C9H18N4S. The fourth-order valence-corrected chi connectivity index (χ4v) is 1.75. The van der Waals surface area contributed by atoms with Gasteiger partial charge in [-0.2, -0.15) is 16.9 Å². The van der Waals surface area contributed by atoms with Crippen LogP contribution >= 0.6 is 11.8 Å². The molecule has 0 aromatic carbocycles. The molecule has 0 fully saturated rings. The second kappa shape index (κ2) is 7.82. The van der Waals surface area contributed by atoms with Crippen molar-refractivity contribution in [3.8, 4) is 0 Å². The maximum atomic E-state index is 4.02. The largest absolute Gasteiger partial charge is 0.315 e. The minimum atomic E-state index is 0.904. The smallest absolute Gasteiger partial charge is 0.137 e. The zero-order valence-corrected chi connectivity index (χ0v) is 9.46. The quantitative estimate of drug-likeness (QED) is 0.656. The van der Waals surface area contributed by atoms with Crippen LogP contribution in [0.25, 0.3) is 0 Å². The third kappa shape index (κ3) is 5.24. The fourth-order valence-electron chi connectivity index (χ4n) is 1.11. The Labute approximate surface area is 89.5 Å². The van der Waals surface area contributed by atoms with Gasteiger partial charge in [-0.05, 0) is 24.5 Å². The number of aromatic nitrogens is 3. The predicted molar refractivity (Wildman–Crippen MR) is 60.5 cm³/mol. The van der Waals surface area contributed by atoms with E-state index in [4.69, 9.17) is 0 Å². The summed E-state index contributed by atoms with van der Waals surface area (Å²) < 4.78 is 1.84. The monoisotopic (exact) mass is 214 g/mol. The topological polar surface area (TPSA) is 42.7 Å². The average Bonchev–Trinajstić information content (AvgIpc) is 2.69. The Bertz CT molecular complexity index is 213. The summed E-state index contributed by atoms with van der Waals surface area (Å²) in [5.74, 6) is 2.48. The number of nitrogens with one attached hydrogen (secondary N) is 1. The van der Waals surface area contributed by atoms with Crippen LogP contribution < -0.4 is 5.32 Å². The summed E-state index contributed by atoms with van der Waals surface area (Å²) >= 11 is 2.00. The summed E-state index contributed by atoms with van der Waals surface area (Å²) in [6.45, 7) is 5.17. The molecule has 0 radical (unpaired) electrons. The zero-order valence-electron chi connectivity index (χ0n) is 8.65. The van der Waals surface area contributed by atoms with Gasteiger partial charge in [0.25, 0.3) is 0 Å². The van der Waals surface area contributed by atoms with Gasteiger partial charge in [0.2, 0.25) is 0 Å². The molecule has 0 aliphatic rings. The molecule has 1 N–H and O–H groups in total. The van der Waals surface area contributed by atoms with Gasteiger partial charge in [0.05, 0.1) is 6.54 Å². The van der Waals surface area contributed by atoms with E-state index in [1.807, 2.05) is 16.4 Å². The molecule has 14 heavy (non-hydrogen) atoms. The third-order valence-electron chi connectivity index (χ3n) is 1.83. The average molecular weight is 214 g/mol. The highest BCUT2D eigenvalue weighted by Gasteiger charge is 1.91. The van der Waals surface area contributed by atoms with Crippen LogP contribution in [0.3, 0.4) is 0 Å². The van der Waals surface area contributed by atoms with Gasteiger partial charge in [0.15, 0.2) is 0 Å². The third-order valence-corrected chi connectivity index (χ3v) is 2.82. The highest BCUT2D eigenvalue weighted by molar-refractivity contribution is 7.99. The van der Waals surface area contributed by atoms with Gasteiger partial charge in [-0.3, -0.25) is 4.68 Å². The highest BCUT2D eigenvalue weighted by atomic mass is 32.2. The molecule has 0 unspecified atom stereocenters. The molecule has 0 bridgehead atoms. The Morgan fingerprint density at radius 2 is 2.36 bits per heavy atom. The van der Waals surface area contributed by atoms with E-state index in [9.17, 15) is 0 Å². The number of hydrogen-bond acceptors (Lipinski definition) is 4. The molecule has 0 amide bonds. The molecular weight excluding hydrogens is 196 g/mol. The fraction of sp³-hybridized carbons (Fsp3) is 0.778. The molecule has 0 atom stereocenters. The molecule has 5 heteroatoms. The maximum absolute atomic E-state index is 4.02. The first-order valence-electron chi connectivity index (χ1n) is 5.04. The van der Waals surface area contributed by atoms with Crippen LogP contribution in [0.2, 0.25) is 0 Å². The van der Waals surface area contributed by atoms with Gasteiger partial charge in [0.1, 0.15) is 12.7 Å². The van der Waals surface area contributed by atoms with E-state index in [2.05, 4.69) is 22.3 Å². The Morgan fingerprint density at radius 1 is 1.43 bits per heavy atom. The van der Waals surface area contributed by atoms with Crippen LogP contribution in [-0.4, -0.2) is 39.4 Å². The molecule has 1 aromatic heterocycles. The first-order valence-corrected chi connectivity index (χ1v) is 6.20. The van der Waals surface area contributed by atoms with Crippen LogP contribution in [-0.2, 0) is 6.54 Å². The second-order valence-corrected chi connectivity index (χ2v) is 4.35. The Hall–Kier alpha value is -0.550. The van der Waals surface area contributed by atoms with Crippen molar-refractivity contribution in [3.05, 3.63) is 12.7 Å². The lowest BCUT2D eigenvalue weighted by Gasteiger charge is -2.03. The summed E-state index contributed by atoms with van der Waals surface area (Å²) in [7, 11) is 0. The number of nitrogens with zero attached hydrogens (tertiary/aromatic N) is 3. The van der Waals surface area contributed by atoms with Crippen molar-refractivity contribution in [1.82, 2.24) is 20.1 Å². The molecule has 1 aromatic rings. The van der Waals surface area contributed by atoms with E-state index < -0.39 is 0 Å². The van der Waals surface area contributed by atoms with Gasteiger partial charge in [-0.15, -0.1) is 0 Å². The first-order chi connectivity index (χ1) is 6.93. The number of hydrogen-bond donors (Lipinski definition) is 1. The maximum Gasteiger partial charge on any atom is 0.137 e. The van der Waals surface area contributed by atoms with Crippen molar-refractivity contribution in [2.45, 2.75) is 19.9 Å². The van der Waals surface area contributed by atoms with Crippen molar-refractivity contribution < 1.29 is 0 Å². The van der Waals surface area contributed by atoms with E-state index in [1.54, 1.807) is 12.7 Å². The van der Waals surface area contributed by atoms with E-state index in [0.717, 1.165) is 19.6 Å². The molecule has 1 rings (SSSR count). The summed E-state index contributed by atoms with van der Waals surface area (Å²) in [6.07, 6.45) is 4.56. The molecule has 1 heterocycles. The Kier molecular flexibility index (Phi) is 6.43. The van der Waals surface area contributed by atoms with Gasteiger partial charge >= 0.3 is 0 Å². The van der Waals surface area contributed by atoms with Gasteiger partial charge in [-0.1, -0.05) is 6.92 Å². The standard InChI is InChI=1S/C9H18N4S/c1-2-14-7-3-4-10-5-6-13-9-11-8-12-13/h8-10H,2-7H2,1H3. The van der Waals surface area contributed by atoms with Crippen molar-refractivity contribution in [1.29, 1.82) is 0 Å². The van der Waals surface area contributed by atoms with E-state index >= 15 is 0 Å². The zero-order chi connectivity index (χ0) is 10.1. The van der Waals surface area contributed by atoms with Crippen molar-refractivity contribution >= 4 is 11.8 Å². The number of rotatable bonds is 8. The molecule has 4 nitrogen and oxygen atoms in total. The molecule has 0 saturated heterocycles. The van der Waals surface area contributed by atoms with Crippen LogP contribution in [0.1, 0.15) is 13.3 Å². The van der Waals surface area contributed by atoms with Gasteiger partial charge in [0, 0.05) is 6.54 Å². The number of thioether (sulfide) groups is 1. The van der Waals surface area contributed by atoms with E-state index in [-0.39, 0.29) is 0 Å². The van der Waals surface area contributed by atoms with Crippen LogP contribution in [0.4, 0.5) is 0 Å². The molecule has 0 spiro atoms. The minimum Gasteiger partial charge on any atom is -0.315 e. The highest BCUT2D eigenvalue weighted by Crippen LogP contribution is 1.99. The lowest BCUT2D eigenvalue weighted by Crippen LogP contribution is -2.21. The SMILES string of the molecule is CCSCCCNCCn1cncn1.